The summed E-state index contributed by atoms with van der Waals surface area (Å²) in [6.07, 6.45) is 1.64. The van der Waals surface area contributed by atoms with E-state index in [0.29, 0.717) is 18.0 Å². The Kier molecular flexibility index (Phi) is 4.97. The van der Waals surface area contributed by atoms with Gasteiger partial charge in [0.15, 0.2) is 5.78 Å². The van der Waals surface area contributed by atoms with Crippen molar-refractivity contribution < 1.29 is 4.79 Å². The van der Waals surface area contributed by atoms with Gasteiger partial charge in [0.25, 0.3) is 0 Å². The Hall–Kier alpha value is -0.830. The molecule has 1 unspecified atom stereocenters. The molecule has 0 heterocycles. The number of anilines is 1. The van der Waals surface area contributed by atoms with Gasteiger partial charge in [0, 0.05) is 22.1 Å². The van der Waals surface area contributed by atoms with Crippen molar-refractivity contribution in [2.75, 3.05) is 5.73 Å². The zero-order valence-corrected chi connectivity index (χ0v) is 13.2. The summed E-state index contributed by atoms with van der Waals surface area (Å²) in [7, 11) is 0. The van der Waals surface area contributed by atoms with E-state index in [4.69, 9.17) is 5.73 Å². The van der Waals surface area contributed by atoms with Crippen LogP contribution in [0.4, 0.5) is 5.69 Å². The molecule has 0 saturated heterocycles. The molecule has 0 aliphatic carbocycles. The van der Waals surface area contributed by atoms with Crippen LogP contribution in [0.25, 0.3) is 0 Å². The van der Waals surface area contributed by atoms with E-state index in [2.05, 4.69) is 43.6 Å². The van der Waals surface area contributed by atoms with E-state index < -0.39 is 0 Å². The monoisotopic (exact) mass is 311 g/mol. The summed E-state index contributed by atoms with van der Waals surface area (Å²) in [6, 6.07) is 5.37. The van der Waals surface area contributed by atoms with Crippen LogP contribution >= 0.6 is 15.9 Å². The Labute approximate surface area is 118 Å². The molecule has 1 rings (SSSR count). The highest BCUT2D eigenvalue weighted by molar-refractivity contribution is 9.10. The van der Waals surface area contributed by atoms with Crippen molar-refractivity contribution in [2.45, 2.75) is 40.5 Å². The van der Waals surface area contributed by atoms with Crippen LogP contribution in [-0.4, -0.2) is 5.78 Å². The SMILES string of the molecule is CC(CC(=O)c1ccc(N)c(Br)c1)CC(C)(C)C. The second-order valence-electron chi connectivity index (χ2n) is 6.23. The molecule has 0 amide bonds. The number of carbonyl (C=O) groups is 1. The minimum Gasteiger partial charge on any atom is -0.398 e. The molecule has 0 spiro atoms. The third-order valence-corrected chi connectivity index (χ3v) is 3.50. The molecule has 3 heteroatoms. The topological polar surface area (TPSA) is 43.1 Å². The van der Waals surface area contributed by atoms with Crippen molar-refractivity contribution in [1.29, 1.82) is 0 Å². The Morgan fingerprint density at radius 3 is 2.50 bits per heavy atom. The fourth-order valence-electron chi connectivity index (χ4n) is 2.25. The Morgan fingerprint density at radius 1 is 1.39 bits per heavy atom. The highest BCUT2D eigenvalue weighted by atomic mass is 79.9. The van der Waals surface area contributed by atoms with Crippen LogP contribution in [0.1, 0.15) is 50.9 Å². The van der Waals surface area contributed by atoms with Crippen LogP contribution in [-0.2, 0) is 0 Å². The first kappa shape index (κ1) is 15.2. The number of halogens is 1. The molecule has 1 atom stereocenters. The molecule has 0 fully saturated rings. The maximum absolute atomic E-state index is 12.1. The fourth-order valence-corrected chi connectivity index (χ4v) is 2.63. The lowest BCUT2D eigenvalue weighted by atomic mass is 9.83. The number of benzene rings is 1. The average molecular weight is 312 g/mol. The maximum atomic E-state index is 12.1. The number of rotatable bonds is 4. The molecule has 18 heavy (non-hydrogen) atoms. The normalized spacial score (nSPS) is 13.4. The van der Waals surface area contributed by atoms with Gasteiger partial charge in [0.2, 0.25) is 0 Å². The first-order chi connectivity index (χ1) is 8.19. The predicted molar refractivity (Wildman–Crippen MR) is 80.7 cm³/mol. The molecular formula is C15H22BrNO. The summed E-state index contributed by atoms with van der Waals surface area (Å²) in [5, 5.41) is 0. The third kappa shape index (κ3) is 4.81. The summed E-state index contributed by atoms with van der Waals surface area (Å²) in [5.41, 5.74) is 7.38. The second kappa shape index (κ2) is 5.87. The van der Waals surface area contributed by atoms with Gasteiger partial charge >= 0.3 is 0 Å². The summed E-state index contributed by atoms with van der Waals surface area (Å²) in [4.78, 5) is 12.1. The van der Waals surface area contributed by atoms with Crippen LogP contribution in [0.2, 0.25) is 0 Å². The summed E-state index contributed by atoms with van der Waals surface area (Å²) in [5.74, 6) is 0.585. The average Bonchev–Trinajstić information content (AvgIpc) is 2.18. The summed E-state index contributed by atoms with van der Waals surface area (Å²) in [6.45, 7) is 8.74. The Morgan fingerprint density at radius 2 is 2.00 bits per heavy atom. The summed E-state index contributed by atoms with van der Waals surface area (Å²) < 4.78 is 0.789. The first-order valence-corrected chi connectivity index (χ1v) is 7.06. The number of hydrogen-bond acceptors (Lipinski definition) is 2. The maximum Gasteiger partial charge on any atom is 0.163 e. The van der Waals surface area contributed by atoms with Gasteiger partial charge in [-0.3, -0.25) is 4.79 Å². The van der Waals surface area contributed by atoms with Gasteiger partial charge in [-0.1, -0.05) is 27.7 Å². The lowest BCUT2D eigenvalue weighted by Crippen LogP contribution is -2.14. The quantitative estimate of drug-likeness (QED) is 0.648. The van der Waals surface area contributed by atoms with Crippen LogP contribution < -0.4 is 5.73 Å². The molecule has 0 saturated carbocycles. The van der Waals surface area contributed by atoms with Crippen LogP contribution in [0, 0.1) is 11.3 Å². The zero-order chi connectivity index (χ0) is 13.9. The molecule has 100 valence electrons. The van der Waals surface area contributed by atoms with Crippen LogP contribution in [0.5, 0.6) is 0 Å². The van der Waals surface area contributed by atoms with Gasteiger partial charge < -0.3 is 5.73 Å². The van der Waals surface area contributed by atoms with Crippen molar-refractivity contribution in [2.24, 2.45) is 11.3 Å². The number of carbonyl (C=O) groups excluding carboxylic acids is 1. The highest BCUT2D eigenvalue weighted by Gasteiger charge is 2.18. The smallest absolute Gasteiger partial charge is 0.163 e. The minimum atomic E-state index is 0.187. The van der Waals surface area contributed by atoms with Gasteiger partial charge in [0.1, 0.15) is 0 Å². The van der Waals surface area contributed by atoms with Gasteiger partial charge in [-0.15, -0.1) is 0 Å². The molecule has 2 N–H and O–H groups in total. The molecular weight excluding hydrogens is 290 g/mol. The van der Waals surface area contributed by atoms with Gasteiger partial charge in [0.05, 0.1) is 0 Å². The molecule has 0 aliphatic heterocycles. The molecule has 1 aromatic carbocycles. The summed E-state index contributed by atoms with van der Waals surface area (Å²) >= 11 is 3.35. The predicted octanol–water partition coefficient (Wildman–Crippen LogP) is 4.68. The number of ketones is 1. The lowest BCUT2D eigenvalue weighted by molar-refractivity contribution is 0.0954. The highest BCUT2D eigenvalue weighted by Crippen LogP contribution is 2.27. The van der Waals surface area contributed by atoms with E-state index in [-0.39, 0.29) is 11.2 Å². The zero-order valence-electron chi connectivity index (χ0n) is 11.6. The molecule has 0 radical (unpaired) electrons. The van der Waals surface area contributed by atoms with Crippen LogP contribution in [0.3, 0.4) is 0 Å². The van der Waals surface area contributed by atoms with Gasteiger partial charge in [-0.25, -0.2) is 0 Å². The number of Topliss-reactive ketones (excluding diaryl/α,β-unsaturated/α-hetero) is 1. The molecule has 0 aromatic heterocycles. The van der Waals surface area contributed by atoms with E-state index in [1.54, 1.807) is 12.1 Å². The Balaban J connectivity index is 2.68. The van der Waals surface area contributed by atoms with Crippen LogP contribution in [0.15, 0.2) is 22.7 Å². The number of hydrogen-bond donors (Lipinski definition) is 1. The third-order valence-electron chi connectivity index (χ3n) is 2.82. The van der Waals surface area contributed by atoms with E-state index in [1.165, 1.54) is 0 Å². The van der Waals surface area contributed by atoms with Gasteiger partial charge in [-0.05, 0) is 51.9 Å². The number of nitrogens with two attached hydrogens (primary N) is 1. The van der Waals surface area contributed by atoms with E-state index in [0.717, 1.165) is 16.5 Å². The molecule has 0 bridgehead atoms. The fraction of sp³-hybridized carbons (Fsp3) is 0.533. The van der Waals surface area contributed by atoms with E-state index in [9.17, 15) is 4.79 Å². The van der Waals surface area contributed by atoms with Crippen molar-refractivity contribution in [3.05, 3.63) is 28.2 Å². The largest absolute Gasteiger partial charge is 0.398 e. The first-order valence-electron chi connectivity index (χ1n) is 6.27. The Bertz CT molecular complexity index is 435. The minimum absolute atomic E-state index is 0.187. The van der Waals surface area contributed by atoms with Crippen molar-refractivity contribution in [3.8, 4) is 0 Å². The van der Waals surface area contributed by atoms with E-state index >= 15 is 0 Å². The van der Waals surface area contributed by atoms with Crippen molar-refractivity contribution in [3.63, 3.8) is 0 Å². The molecule has 2 nitrogen and oxygen atoms in total. The lowest BCUT2D eigenvalue weighted by Gasteiger charge is -2.22. The van der Waals surface area contributed by atoms with Gasteiger partial charge in [-0.2, -0.15) is 0 Å². The number of nitrogen functional groups attached to an aromatic ring is 1. The standard InChI is InChI=1S/C15H22BrNO/c1-10(9-15(2,3)4)7-14(18)11-5-6-13(17)12(16)8-11/h5-6,8,10H,7,9,17H2,1-4H3. The second-order valence-corrected chi connectivity index (χ2v) is 7.09. The van der Waals surface area contributed by atoms with Crippen molar-refractivity contribution >= 4 is 27.4 Å². The molecule has 1 aromatic rings. The van der Waals surface area contributed by atoms with E-state index in [1.807, 2.05) is 6.07 Å². The molecule has 0 aliphatic rings. The van der Waals surface area contributed by atoms with Crippen molar-refractivity contribution in [1.82, 2.24) is 0 Å².